The second-order valence-corrected chi connectivity index (χ2v) is 6.73. The Morgan fingerprint density at radius 2 is 2.15 bits per heavy atom. The molecule has 0 saturated carbocycles. The molecule has 0 aliphatic carbocycles. The third-order valence-electron chi connectivity index (χ3n) is 4.08. The van der Waals surface area contributed by atoms with Crippen LogP contribution in [-0.4, -0.2) is 60.2 Å². The Balaban J connectivity index is 1.59. The lowest BCUT2D eigenvalue weighted by molar-refractivity contribution is -0.121. The number of pyridine rings is 1. The summed E-state index contributed by atoms with van der Waals surface area (Å²) in [6, 6.07) is 3.89. The van der Waals surface area contributed by atoms with Gasteiger partial charge in [0.25, 0.3) is 0 Å². The molecule has 1 N–H and O–H groups in total. The summed E-state index contributed by atoms with van der Waals surface area (Å²) in [5, 5.41) is 5.84. The number of ether oxygens (including phenoxy) is 1. The van der Waals surface area contributed by atoms with Crippen molar-refractivity contribution in [3.05, 3.63) is 35.6 Å². The molecule has 2 aromatic heterocycles. The van der Waals surface area contributed by atoms with Crippen LogP contribution in [0.1, 0.15) is 26.0 Å². The molecule has 0 radical (unpaired) electrons. The van der Waals surface area contributed by atoms with Crippen LogP contribution in [0.2, 0.25) is 0 Å². The minimum atomic E-state index is 0.0354. The maximum Gasteiger partial charge on any atom is 0.220 e. The van der Waals surface area contributed by atoms with Crippen LogP contribution in [-0.2, 0) is 16.0 Å². The molecule has 0 fully saturated rings. The highest BCUT2D eigenvalue weighted by Gasteiger charge is 2.07. The smallest absolute Gasteiger partial charge is 0.220 e. The van der Waals surface area contributed by atoms with Gasteiger partial charge in [0.05, 0.1) is 18.9 Å². The highest BCUT2D eigenvalue weighted by atomic mass is 32.1. The van der Waals surface area contributed by atoms with Gasteiger partial charge in [0.15, 0.2) is 0 Å². The second kappa shape index (κ2) is 11.7. The van der Waals surface area contributed by atoms with Crippen LogP contribution >= 0.6 is 11.3 Å². The van der Waals surface area contributed by atoms with Crippen molar-refractivity contribution in [3.8, 4) is 10.6 Å². The number of nitrogens with zero attached hydrogens (tertiary/aromatic N) is 3. The number of likely N-dealkylation sites (N-methyl/N-ethyl adjacent to an activating group) is 1. The molecule has 0 atom stereocenters. The van der Waals surface area contributed by atoms with Crippen molar-refractivity contribution >= 4 is 17.2 Å². The van der Waals surface area contributed by atoms with Crippen LogP contribution in [0.15, 0.2) is 29.9 Å². The lowest BCUT2D eigenvalue weighted by Gasteiger charge is -2.17. The molecule has 2 rings (SSSR count). The summed E-state index contributed by atoms with van der Waals surface area (Å²) in [7, 11) is 0. The molecule has 2 heterocycles. The van der Waals surface area contributed by atoms with Crippen molar-refractivity contribution in [1.82, 2.24) is 20.2 Å². The number of aryl methyl sites for hydroxylation is 1. The Bertz CT molecular complexity index is 644. The predicted molar refractivity (Wildman–Crippen MR) is 105 cm³/mol. The first kappa shape index (κ1) is 20.5. The van der Waals surface area contributed by atoms with Gasteiger partial charge in [0.1, 0.15) is 5.01 Å². The van der Waals surface area contributed by atoms with Gasteiger partial charge in [0, 0.05) is 42.8 Å². The fourth-order valence-electron chi connectivity index (χ4n) is 2.47. The van der Waals surface area contributed by atoms with Gasteiger partial charge in [-0.05, 0) is 31.6 Å². The van der Waals surface area contributed by atoms with E-state index < -0.39 is 0 Å². The van der Waals surface area contributed by atoms with E-state index in [9.17, 15) is 4.79 Å². The Labute approximate surface area is 159 Å². The molecule has 0 saturated heterocycles. The molecule has 0 aliphatic rings. The van der Waals surface area contributed by atoms with E-state index in [0.717, 1.165) is 35.9 Å². The van der Waals surface area contributed by atoms with E-state index in [1.54, 1.807) is 23.7 Å². The zero-order chi connectivity index (χ0) is 18.6. The first-order chi connectivity index (χ1) is 12.7. The minimum Gasteiger partial charge on any atom is -0.378 e. The standard InChI is InChI=1S/C19H28N4O2S/c1-3-23(4-2)11-13-25-12-10-21-18(24)8-7-17-15-26-19(22-17)16-6-5-9-20-14-16/h5-6,9,14-15H,3-4,7-8,10-13H2,1-2H3,(H,21,24). The summed E-state index contributed by atoms with van der Waals surface area (Å²) in [6.07, 6.45) is 4.63. The van der Waals surface area contributed by atoms with E-state index in [1.165, 1.54) is 0 Å². The molecule has 142 valence electrons. The molecule has 2 aromatic rings. The molecule has 1 amide bonds. The SMILES string of the molecule is CCN(CC)CCOCCNC(=O)CCc1csc(-c2cccnc2)n1. The number of thiazole rings is 1. The fraction of sp³-hybridized carbons (Fsp3) is 0.526. The van der Waals surface area contributed by atoms with E-state index >= 15 is 0 Å². The van der Waals surface area contributed by atoms with E-state index in [2.05, 4.69) is 34.0 Å². The average Bonchev–Trinajstić information content (AvgIpc) is 3.16. The van der Waals surface area contributed by atoms with Crippen molar-refractivity contribution in [3.63, 3.8) is 0 Å². The molecule has 6 nitrogen and oxygen atoms in total. The second-order valence-electron chi connectivity index (χ2n) is 5.87. The maximum atomic E-state index is 11.9. The summed E-state index contributed by atoms with van der Waals surface area (Å²) in [4.78, 5) is 22.9. The molecule has 7 heteroatoms. The third kappa shape index (κ3) is 7.19. The lowest BCUT2D eigenvalue weighted by Crippen LogP contribution is -2.30. The van der Waals surface area contributed by atoms with E-state index in [0.29, 0.717) is 32.6 Å². The summed E-state index contributed by atoms with van der Waals surface area (Å²) >= 11 is 1.58. The quantitative estimate of drug-likeness (QED) is 0.577. The van der Waals surface area contributed by atoms with Crippen molar-refractivity contribution < 1.29 is 9.53 Å². The number of carbonyl (C=O) groups is 1. The maximum absolute atomic E-state index is 11.9. The monoisotopic (exact) mass is 376 g/mol. The number of nitrogens with one attached hydrogen (secondary N) is 1. The molecule has 0 spiro atoms. The van der Waals surface area contributed by atoms with Gasteiger partial charge in [-0.3, -0.25) is 9.78 Å². The first-order valence-corrected chi connectivity index (χ1v) is 10.0. The average molecular weight is 377 g/mol. The van der Waals surface area contributed by atoms with Gasteiger partial charge in [-0.2, -0.15) is 0 Å². The van der Waals surface area contributed by atoms with Crippen LogP contribution in [0.4, 0.5) is 0 Å². The first-order valence-electron chi connectivity index (χ1n) is 9.14. The molecule has 0 aliphatic heterocycles. The van der Waals surface area contributed by atoms with Crippen molar-refractivity contribution in [1.29, 1.82) is 0 Å². The Morgan fingerprint density at radius 3 is 2.88 bits per heavy atom. The molecule has 26 heavy (non-hydrogen) atoms. The normalized spacial score (nSPS) is 11.0. The van der Waals surface area contributed by atoms with Crippen LogP contribution < -0.4 is 5.32 Å². The van der Waals surface area contributed by atoms with Gasteiger partial charge < -0.3 is 15.0 Å². The molecule has 0 aromatic carbocycles. The van der Waals surface area contributed by atoms with Crippen LogP contribution in [0.5, 0.6) is 0 Å². The number of carbonyl (C=O) groups excluding carboxylic acids is 1. The van der Waals surface area contributed by atoms with Gasteiger partial charge in [-0.25, -0.2) is 4.98 Å². The van der Waals surface area contributed by atoms with Crippen molar-refractivity contribution in [2.45, 2.75) is 26.7 Å². The number of hydrogen-bond donors (Lipinski definition) is 1. The summed E-state index contributed by atoms with van der Waals surface area (Å²) in [5.41, 5.74) is 1.95. The lowest BCUT2D eigenvalue weighted by atomic mass is 10.2. The molecular weight excluding hydrogens is 348 g/mol. The number of aromatic nitrogens is 2. The zero-order valence-corrected chi connectivity index (χ0v) is 16.4. The predicted octanol–water partition coefficient (Wildman–Crippen LogP) is 2.61. The highest BCUT2D eigenvalue weighted by molar-refractivity contribution is 7.13. The van der Waals surface area contributed by atoms with Crippen molar-refractivity contribution in [2.75, 3.05) is 39.4 Å². The van der Waals surface area contributed by atoms with Crippen LogP contribution in [0, 0.1) is 0 Å². The van der Waals surface area contributed by atoms with Gasteiger partial charge >= 0.3 is 0 Å². The van der Waals surface area contributed by atoms with Gasteiger partial charge in [0.2, 0.25) is 5.91 Å². The number of hydrogen-bond acceptors (Lipinski definition) is 6. The summed E-state index contributed by atoms with van der Waals surface area (Å²) < 4.78 is 5.56. The van der Waals surface area contributed by atoms with Crippen LogP contribution in [0.3, 0.4) is 0 Å². The summed E-state index contributed by atoms with van der Waals surface area (Å²) in [5.74, 6) is 0.0354. The molecular formula is C19H28N4O2S. The van der Waals surface area contributed by atoms with Gasteiger partial charge in [-0.1, -0.05) is 13.8 Å². The van der Waals surface area contributed by atoms with Gasteiger partial charge in [-0.15, -0.1) is 11.3 Å². The fourth-order valence-corrected chi connectivity index (χ4v) is 3.32. The topological polar surface area (TPSA) is 67.3 Å². The largest absolute Gasteiger partial charge is 0.378 e. The summed E-state index contributed by atoms with van der Waals surface area (Å²) in [6.45, 7) is 9.10. The zero-order valence-electron chi connectivity index (χ0n) is 15.6. The number of rotatable bonds is 12. The van der Waals surface area contributed by atoms with E-state index in [-0.39, 0.29) is 5.91 Å². The van der Waals surface area contributed by atoms with E-state index in [1.807, 2.05) is 17.5 Å². The Hall–Kier alpha value is -1.83. The third-order valence-corrected chi connectivity index (χ3v) is 5.02. The highest BCUT2D eigenvalue weighted by Crippen LogP contribution is 2.23. The molecule has 0 bridgehead atoms. The number of amides is 1. The minimum absolute atomic E-state index is 0.0354. The Kier molecular flexibility index (Phi) is 9.23. The Morgan fingerprint density at radius 1 is 1.31 bits per heavy atom. The van der Waals surface area contributed by atoms with E-state index in [4.69, 9.17) is 4.74 Å². The molecule has 0 unspecified atom stereocenters. The van der Waals surface area contributed by atoms with Crippen molar-refractivity contribution in [2.24, 2.45) is 0 Å². The van der Waals surface area contributed by atoms with Crippen LogP contribution in [0.25, 0.3) is 10.6 Å².